The van der Waals surface area contributed by atoms with E-state index < -0.39 is 0 Å². The molecule has 21 heavy (non-hydrogen) atoms. The van der Waals surface area contributed by atoms with Crippen molar-refractivity contribution in [1.29, 1.82) is 0 Å². The summed E-state index contributed by atoms with van der Waals surface area (Å²) in [7, 11) is 0. The van der Waals surface area contributed by atoms with Crippen LogP contribution in [0.15, 0.2) is 16.5 Å². The summed E-state index contributed by atoms with van der Waals surface area (Å²) in [6, 6.07) is 5.29. The number of piperazine rings is 1. The van der Waals surface area contributed by atoms with Crippen LogP contribution in [-0.4, -0.2) is 48.6 Å². The lowest BCUT2D eigenvalue weighted by Gasteiger charge is -2.40. The lowest BCUT2D eigenvalue weighted by molar-refractivity contribution is 0.0653. The van der Waals surface area contributed by atoms with Crippen LogP contribution in [-0.2, 0) is 6.42 Å². The Balaban J connectivity index is 1.58. The van der Waals surface area contributed by atoms with Gasteiger partial charge in [0.05, 0.1) is 6.04 Å². The number of nitrogens with two attached hydrogens (primary N) is 1. The number of nitrogens with zero attached hydrogens (tertiary/aromatic N) is 2. The minimum atomic E-state index is 0.246. The first-order valence-electron chi connectivity index (χ1n) is 8.58. The minimum absolute atomic E-state index is 0.246. The summed E-state index contributed by atoms with van der Waals surface area (Å²) in [6.45, 7) is 7.35. The van der Waals surface area contributed by atoms with Crippen molar-refractivity contribution in [3.8, 4) is 0 Å². The van der Waals surface area contributed by atoms with Crippen LogP contribution in [0.5, 0.6) is 0 Å². The summed E-state index contributed by atoms with van der Waals surface area (Å²) in [5, 5.41) is 0. The fourth-order valence-corrected chi connectivity index (χ4v) is 3.89. The van der Waals surface area contributed by atoms with Gasteiger partial charge in [-0.25, -0.2) is 0 Å². The Hall–Kier alpha value is -0.840. The van der Waals surface area contributed by atoms with Crippen LogP contribution >= 0.6 is 0 Å². The highest BCUT2D eigenvalue weighted by molar-refractivity contribution is 5.12. The van der Waals surface area contributed by atoms with Gasteiger partial charge < -0.3 is 10.2 Å². The van der Waals surface area contributed by atoms with E-state index in [0.29, 0.717) is 6.54 Å². The van der Waals surface area contributed by atoms with Crippen molar-refractivity contribution in [2.75, 3.05) is 32.7 Å². The molecule has 4 nitrogen and oxygen atoms in total. The number of aryl methyl sites for hydroxylation is 1. The predicted molar refractivity (Wildman–Crippen MR) is 85.3 cm³/mol. The van der Waals surface area contributed by atoms with Crippen LogP contribution < -0.4 is 5.73 Å². The molecule has 2 aliphatic rings. The largest absolute Gasteiger partial charge is 0.464 e. The third kappa shape index (κ3) is 3.33. The molecule has 0 radical (unpaired) electrons. The number of hydrogen-bond acceptors (Lipinski definition) is 4. The molecule has 1 unspecified atom stereocenters. The molecule has 1 aliphatic heterocycles. The molecule has 4 heteroatoms. The van der Waals surface area contributed by atoms with Gasteiger partial charge in [-0.05, 0) is 25.0 Å². The summed E-state index contributed by atoms with van der Waals surface area (Å²) >= 11 is 0. The summed E-state index contributed by atoms with van der Waals surface area (Å²) in [4.78, 5) is 5.19. The molecule has 1 aromatic heterocycles. The zero-order valence-corrected chi connectivity index (χ0v) is 13.3. The van der Waals surface area contributed by atoms with E-state index >= 15 is 0 Å². The second-order valence-electron chi connectivity index (χ2n) is 6.42. The van der Waals surface area contributed by atoms with Crippen LogP contribution in [0.1, 0.15) is 50.2 Å². The minimum Gasteiger partial charge on any atom is -0.464 e. The molecule has 1 aliphatic carbocycles. The standard InChI is InChI=1S/C17H29N3O/c1-2-15-7-8-17(21-15)16(13-18)20-11-9-19(10-12-20)14-5-3-4-6-14/h7-8,14,16H,2-6,9-13,18H2,1H3. The Morgan fingerprint density at radius 3 is 2.48 bits per heavy atom. The maximum Gasteiger partial charge on any atom is 0.122 e. The van der Waals surface area contributed by atoms with Crippen LogP contribution in [0.2, 0.25) is 0 Å². The van der Waals surface area contributed by atoms with E-state index in [2.05, 4.69) is 28.9 Å². The van der Waals surface area contributed by atoms with E-state index in [1.807, 2.05) is 0 Å². The zero-order chi connectivity index (χ0) is 14.7. The summed E-state index contributed by atoms with van der Waals surface area (Å²) in [5.41, 5.74) is 6.03. The highest BCUT2D eigenvalue weighted by atomic mass is 16.3. The summed E-state index contributed by atoms with van der Waals surface area (Å²) < 4.78 is 5.93. The van der Waals surface area contributed by atoms with E-state index in [1.54, 1.807) is 0 Å². The summed E-state index contributed by atoms with van der Waals surface area (Å²) in [6.07, 6.45) is 6.59. The van der Waals surface area contributed by atoms with Gasteiger partial charge in [0.25, 0.3) is 0 Å². The molecule has 2 fully saturated rings. The third-order valence-corrected chi connectivity index (χ3v) is 5.21. The molecule has 0 amide bonds. The van der Waals surface area contributed by atoms with E-state index in [9.17, 15) is 0 Å². The van der Waals surface area contributed by atoms with Crippen LogP contribution in [0, 0.1) is 0 Å². The zero-order valence-electron chi connectivity index (χ0n) is 13.3. The van der Waals surface area contributed by atoms with Crippen LogP contribution in [0.25, 0.3) is 0 Å². The first-order chi connectivity index (χ1) is 10.3. The second-order valence-corrected chi connectivity index (χ2v) is 6.42. The highest BCUT2D eigenvalue weighted by Crippen LogP contribution is 2.27. The fourth-order valence-electron chi connectivity index (χ4n) is 3.89. The SMILES string of the molecule is CCc1ccc(C(CN)N2CCN(C3CCCC3)CC2)o1. The van der Waals surface area contributed by atoms with Crippen molar-refractivity contribution >= 4 is 0 Å². The average Bonchev–Trinajstić information content (AvgIpc) is 3.20. The molecule has 0 bridgehead atoms. The Labute approximate surface area is 128 Å². The van der Waals surface area contributed by atoms with E-state index in [-0.39, 0.29) is 6.04 Å². The lowest BCUT2D eigenvalue weighted by Crippen LogP contribution is -2.51. The van der Waals surface area contributed by atoms with Crippen molar-refractivity contribution in [3.05, 3.63) is 23.7 Å². The van der Waals surface area contributed by atoms with E-state index in [1.165, 1.54) is 38.8 Å². The molecule has 1 atom stereocenters. The normalized spacial score (nSPS) is 23.7. The van der Waals surface area contributed by atoms with Crippen molar-refractivity contribution in [1.82, 2.24) is 9.80 Å². The number of rotatable bonds is 5. The Morgan fingerprint density at radius 2 is 1.90 bits per heavy atom. The predicted octanol–water partition coefficient (Wildman–Crippen LogP) is 2.40. The van der Waals surface area contributed by atoms with E-state index in [4.69, 9.17) is 10.2 Å². The Kier molecular flexibility index (Phi) is 4.99. The smallest absolute Gasteiger partial charge is 0.122 e. The number of furan rings is 1. The van der Waals surface area contributed by atoms with E-state index in [0.717, 1.165) is 37.1 Å². The molecule has 0 spiro atoms. The van der Waals surface area contributed by atoms with Gasteiger partial charge >= 0.3 is 0 Å². The molecule has 2 heterocycles. The van der Waals surface area contributed by atoms with Crippen molar-refractivity contribution < 1.29 is 4.42 Å². The Bertz CT molecular complexity index is 431. The first-order valence-corrected chi connectivity index (χ1v) is 8.58. The monoisotopic (exact) mass is 291 g/mol. The van der Waals surface area contributed by atoms with Crippen molar-refractivity contribution in [2.24, 2.45) is 5.73 Å². The molecule has 1 aromatic rings. The third-order valence-electron chi connectivity index (χ3n) is 5.21. The van der Waals surface area contributed by atoms with Crippen molar-refractivity contribution in [3.63, 3.8) is 0 Å². The molecular weight excluding hydrogens is 262 g/mol. The number of hydrogen-bond donors (Lipinski definition) is 1. The van der Waals surface area contributed by atoms with Gasteiger partial charge in [0.2, 0.25) is 0 Å². The quantitative estimate of drug-likeness (QED) is 0.905. The topological polar surface area (TPSA) is 45.6 Å². The average molecular weight is 291 g/mol. The maximum atomic E-state index is 6.03. The fraction of sp³-hybridized carbons (Fsp3) is 0.765. The lowest BCUT2D eigenvalue weighted by atomic mass is 10.1. The van der Waals surface area contributed by atoms with Crippen LogP contribution in [0.4, 0.5) is 0 Å². The molecular formula is C17H29N3O. The van der Waals surface area contributed by atoms with Gasteiger partial charge in [-0.3, -0.25) is 9.80 Å². The Morgan fingerprint density at radius 1 is 1.19 bits per heavy atom. The molecule has 2 N–H and O–H groups in total. The first kappa shape index (κ1) is 15.1. The second kappa shape index (κ2) is 6.95. The highest BCUT2D eigenvalue weighted by Gasteiger charge is 2.30. The maximum absolute atomic E-state index is 6.03. The van der Waals surface area contributed by atoms with Crippen LogP contribution in [0.3, 0.4) is 0 Å². The molecule has 118 valence electrons. The molecule has 1 saturated heterocycles. The van der Waals surface area contributed by atoms with Gasteiger partial charge in [0, 0.05) is 45.2 Å². The van der Waals surface area contributed by atoms with Gasteiger partial charge in [-0.1, -0.05) is 19.8 Å². The van der Waals surface area contributed by atoms with Crippen molar-refractivity contribution in [2.45, 2.75) is 51.1 Å². The summed E-state index contributed by atoms with van der Waals surface area (Å²) in [5.74, 6) is 2.11. The van der Waals surface area contributed by atoms with Gasteiger partial charge in [0.1, 0.15) is 11.5 Å². The van der Waals surface area contributed by atoms with Gasteiger partial charge in [-0.15, -0.1) is 0 Å². The molecule has 1 saturated carbocycles. The van der Waals surface area contributed by atoms with Gasteiger partial charge in [0.15, 0.2) is 0 Å². The van der Waals surface area contributed by atoms with Gasteiger partial charge in [-0.2, -0.15) is 0 Å². The molecule has 3 rings (SSSR count). The molecule has 0 aromatic carbocycles.